The van der Waals surface area contributed by atoms with E-state index in [0.717, 1.165) is 21.1 Å². The first-order chi connectivity index (χ1) is 10.2. The van der Waals surface area contributed by atoms with Gasteiger partial charge in [0.15, 0.2) is 0 Å². The van der Waals surface area contributed by atoms with Gasteiger partial charge in [-0.1, -0.05) is 6.07 Å². The van der Waals surface area contributed by atoms with Gasteiger partial charge in [0.2, 0.25) is 10.0 Å². The van der Waals surface area contributed by atoms with Gasteiger partial charge < -0.3 is 4.74 Å². The van der Waals surface area contributed by atoms with E-state index < -0.39 is 10.0 Å². The van der Waals surface area contributed by atoms with Crippen molar-refractivity contribution in [1.29, 1.82) is 0 Å². The maximum Gasteiger partial charge on any atom is 0.246 e. The molecule has 2 aromatic rings. The van der Waals surface area contributed by atoms with Crippen molar-refractivity contribution in [2.45, 2.75) is 32.3 Å². The van der Waals surface area contributed by atoms with Crippen LogP contribution < -0.4 is 4.74 Å². The molecule has 2 rings (SSSR count). The van der Waals surface area contributed by atoms with Crippen molar-refractivity contribution in [1.82, 2.24) is 9.29 Å². The van der Waals surface area contributed by atoms with Crippen LogP contribution in [0.15, 0.2) is 23.1 Å². The van der Waals surface area contributed by atoms with Crippen LogP contribution in [0, 0.1) is 20.8 Å². The first-order valence-electron chi connectivity index (χ1n) is 6.80. The number of nitrogens with zero attached hydrogens (tertiary/aromatic N) is 2. The largest absolute Gasteiger partial charge is 0.487 e. The first kappa shape index (κ1) is 16.9. The molecule has 0 bridgehead atoms. The molecule has 22 heavy (non-hydrogen) atoms. The van der Waals surface area contributed by atoms with Crippen LogP contribution >= 0.6 is 11.3 Å². The number of aryl methyl sites for hydroxylation is 3. The van der Waals surface area contributed by atoms with E-state index in [1.165, 1.54) is 18.4 Å². The smallest absolute Gasteiger partial charge is 0.246 e. The zero-order chi connectivity index (χ0) is 16.5. The Morgan fingerprint density at radius 3 is 2.45 bits per heavy atom. The minimum absolute atomic E-state index is 0.191. The predicted molar refractivity (Wildman–Crippen MR) is 88.0 cm³/mol. The molecule has 0 spiro atoms. The predicted octanol–water partition coefficient (Wildman–Crippen LogP) is 2.90. The van der Waals surface area contributed by atoms with Gasteiger partial charge >= 0.3 is 0 Å². The highest BCUT2D eigenvalue weighted by Gasteiger charge is 2.22. The fraction of sp³-hybridized carbons (Fsp3) is 0.400. The van der Waals surface area contributed by atoms with E-state index in [9.17, 15) is 8.42 Å². The highest BCUT2D eigenvalue weighted by atomic mass is 32.2. The van der Waals surface area contributed by atoms with Gasteiger partial charge in [0.25, 0.3) is 0 Å². The molecule has 7 heteroatoms. The fourth-order valence-corrected chi connectivity index (χ4v) is 3.94. The molecule has 0 unspecified atom stereocenters. The number of benzene rings is 1. The van der Waals surface area contributed by atoms with Gasteiger partial charge in [0.05, 0.1) is 15.6 Å². The Balaban J connectivity index is 2.34. The van der Waals surface area contributed by atoms with E-state index >= 15 is 0 Å². The molecule has 0 fully saturated rings. The quantitative estimate of drug-likeness (QED) is 0.840. The van der Waals surface area contributed by atoms with Gasteiger partial charge in [-0.15, -0.1) is 11.3 Å². The van der Waals surface area contributed by atoms with E-state index in [0.29, 0.717) is 12.4 Å². The highest BCUT2D eigenvalue weighted by Crippen LogP contribution is 2.28. The number of hydrogen-bond donors (Lipinski definition) is 0. The third-order valence-corrected chi connectivity index (χ3v) is 6.10. The Hall–Kier alpha value is -1.44. The molecule has 120 valence electrons. The molecule has 0 amide bonds. The molecular weight excluding hydrogens is 320 g/mol. The summed E-state index contributed by atoms with van der Waals surface area (Å²) in [6, 6.07) is 5.18. The molecule has 0 saturated carbocycles. The average molecular weight is 340 g/mol. The number of sulfonamides is 1. The summed E-state index contributed by atoms with van der Waals surface area (Å²) in [7, 11) is -0.519. The molecular formula is C15H20N2O3S2. The lowest BCUT2D eigenvalue weighted by Crippen LogP contribution is -2.23. The number of thiazole rings is 1. The molecule has 0 aliphatic carbocycles. The molecule has 5 nitrogen and oxygen atoms in total. The van der Waals surface area contributed by atoms with Crippen molar-refractivity contribution in [2.75, 3.05) is 14.1 Å². The summed E-state index contributed by atoms with van der Waals surface area (Å²) in [5, 5.41) is 0.973. The minimum Gasteiger partial charge on any atom is -0.487 e. The third-order valence-electron chi connectivity index (χ3n) is 3.22. The van der Waals surface area contributed by atoms with Crippen molar-refractivity contribution in [3.63, 3.8) is 0 Å². The van der Waals surface area contributed by atoms with Gasteiger partial charge in [-0.05, 0) is 38.5 Å². The van der Waals surface area contributed by atoms with E-state index in [4.69, 9.17) is 4.74 Å². The monoisotopic (exact) mass is 340 g/mol. The van der Waals surface area contributed by atoms with E-state index in [1.807, 2.05) is 26.8 Å². The topological polar surface area (TPSA) is 59.5 Å². The van der Waals surface area contributed by atoms with Gasteiger partial charge in [-0.2, -0.15) is 0 Å². The Labute approximate surface area is 135 Å². The second kappa shape index (κ2) is 6.36. The van der Waals surface area contributed by atoms with Crippen molar-refractivity contribution in [2.24, 2.45) is 0 Å². The fourth-order valence-electron chi connectivity index (χ4n) is 1.98. The maximum atomic E-state index is 12.4. The van der Waals surface area contributed by atoms with Crippen molar-refractivity contribution >= 4 is 21.4 Å². The lowest BCUT2D eigenvalue weighted by molar-refractivity contribution is 0.299. The summed E-state index contributed by atoms with van der Waals surface area (Å²) in [5.41, 5.74) is 1.80. The molecule has 0 saturated heterocycles. The third kappa shape index (κ3) is 3.48. The second-order valence-corrected chi connectivity index (χ2v) is 8.68. The van der Waals surface area contributed by atoms with Gasteiger partial charge in [-0.25, -0.2) is 17.7 Å². The van der Waals surface area contributed by atoms with Crippen molar-refractivity contribution < 1.29 is 13.2 Å². The molecule has 0 atom stereocenters. The Kier molecular flexibility index (Phi) is 4.89. The first-order valence-corrected chi connectivity index (χ1v) is 9.06. The molecule has 1 aromatic heterocycles. The molecule has 0 radical (unpaired) electrons. The summed E-state index contributed by atoms with van der Waals surface area (Å²) in [6.07, 6.45) is 0. The van der Waals surface area contributed by atoms with Gasteiger partial charge in [-0.3, -0.25) is 0 Å². The lowest BCUT2D eigenvalue weighted by Gasteiger charge is -2.16. The number of rotatable bonds is 5. The molecule has 0 aliphatic rings. The number of hydrogen-bond acceptors (Lipinski definition) is 5. The lowest BCUT2D eigenvalue weighted by atomic mass is 10.2. The van der Waals surface area contributed by atoms with Crippen LogP contribution in [0.5, 0.6) is 5.75 Å². The average Bonchev–Trinajstić information content (AvgIpc) is 2.75. The number of ether oxygens (including phenoxy) is 1. The molecule has 0 N–H and O–H groups in total. The van der Waals surface area contributed by atoms with Crippen molar-refractivity contribution in [3.05, 3.63) is 39.3 Å². The second-order valence-electron chi connectivity index (χ2n) is 5.27. The number of aromatic nitrogens is 1. The zero-order valence-electron chi connectivity index (χ0n) is 13.4. The zero-order valence-corrected chi connectivity index (χ0v) is 15.0. The minimum atomic E-state index is -3.54. The van der Waals surface area contributed by atoms with Crippen LogP contribution in [-0.4, -0.2) is 31.8 Å². The van der Waals surface area contributed by atoms with E-state index in [2.05, 4.69) is 4.98 Å². The summed E-state index contributed by atoms with van der Waals surface area (Å²) in [4.78, 5) is 5.55. The summed E-state index contributed by atoms with van der Waals surface area (Å²) >= 11 is 1.56. The van der Waals surface area contributed by atoms with Crippen LogP contribution in [0.3, 0.4) is 0 Å². The summed E-state index contributed by atoms with van der Waals surface area (Å²) < 4.78 is 31.8. The molecule has 0 aliphatic heterocycles. The molecule has 1 heterocycles. The Morgan fingerprint density at radius 1 is 1.23 bits per heavy atom. The maximum absolute atomic E-state index is 12.4. The summed E-state index contributed by atoms with van der Waals surface area (Å²) in [5.74, 6) is 0.366. The van der Waals surface area contributed by atoms with Crippen molar-refractivity contribution in [3.8, 4) is 5.75 Å². The summed E-state index contributed by atoms with van der Waals surface area (Å²) in [6.45, 7) is 6.04. The van der Waals surface area contributed by atoms with E-state index in [1.54, 1.807) is 23.5 Å². The van der Waals surface area contributed by atoms with Gasteiger partial charge in [0.1, 0.15) is 17.3 Å². The van der Waals surface area contributed by atoms with Crippen LogP contribution in [0.4, 0.5) is 0 Å². The highest BCUT2D eigenvalue weighted by molar-refractivity contribution is 7.89. The normalized spacial score (nSPS) is 11.9. The molecule has 1 aromatic carbocycles. The van der Waals surface area contributed by atoms with Gasteiger partial charge in [0, 0.05) is 14.1 Å². The van der Waals surface area contributed by atoms with Crippen LogP contribution in [0.1, 0.15) is 21.1 Å². The van der Waals surface area contributed by atoms with Crippen LogP contribution in [-0.2, 0) is 16.6 Å². The standard InChI is InChI=1S/C15H20N2O3S2/c1-10-6-7-13(15(8-10)22(18,19)17(4)5)20-9-14-11(2)16-12(3)21-14/h6-8H,9H2,1-5H3. The van der Waals surface area contributed by atoms with E-state index in [-0.39, 0.29) is 4.90 Å². The SMILES string of the molecule is Cc1ccc(OCc2sc(C)nc2C)c(S(=O)(=O)N(C)C)c1. The van der Waals surface area contributed by atoms with Crippen LogP contribution in [0.2, 0.25) is 0 Å². The Bertz CT molecular complexity index is 780. The Morgan fingerprint density at radius 2 is 1.91 bits per heavy atom. The van der Waals surface area contributed by atoms with Crippen LogP contribution in [0.25, 0.3) is 0 Å².